The van der Waals surface area contributed by atoms with Gasteiger partial charge in [-0.2, -0.15) is 0 Å². The Labute approximate surface area is 218 Å². The monoisotopic (exact) mass is 514 g/mol. The molecule has 0 rings (SSSR count). The second-order valence-corrected chi connectivity index (χ2v) is 20.9. The van der Waals surface area contributed by atoms with Crippen molar-refractivity contribution < 1.29 is 9.15 Å². The van der Waals surface area contributed by atoms with Gasteiger partial charge in [0, 0.05) is 0 Å². The maximum atomic E-state index is 6.90. The molecule has 0 atom stereocenters. The Morgan fingerprint density at radius 1 is 0.382 bits per heavy atom. The van der Waals surface area contributed by atoms with Crippen LogP contribution in [0.1, 0.15) is 157 Å². The highest BCUT2D eigenvalue weighted by atomic mass is 28.4. The summed E-state index contributed by atoms with van der Waals surface area (Å²) in [6, 6.07) is 0. The van der Waals surface area contributed by atoms with E-state index in [0.29, 0.717) is 10.1 Å². The highest BCUT2D eigenvalue weighted by Crippen LogP contribution is 2.55. The first-order valence-electron chi connectivity index (χ1n) is 15.4. The van der Waals surface area contributed by atoms with Crippen LogP contribution in [-0.4, -0.2) is 16.6 Å². The first-order chi connectivity index (χ1) is 16.1. The number of hydrogen-bond donors (Lipinski definition) is 0. The van der Waals surface area contributed by atoms with Gasteiger partial charge < -0.3 is 0 Å². The number of rotatable bonds is 23. The van der Waals surface area contributed by atoms with Crippen molar-refractivity contribution in [1.29, 1.82) is 0 Å². The van der Waals surface area contributed by atoms with Crippen molar-refractivity contribution >= 4 is 16.6 Å². The Bertz CT molecular complexity index is 403. The Balaban J connectivity index is 5.99. The quantitative estimate of drug-likeness (QED) is 0.0766. The normalized spacial score (nSPS) is 13.6. The molecule has 206 valence electrons. The summed E-state index contributed by atoms with van der Waals surface area (Å²) >= 11 is 0. The molecule has 0 saturated heterocycles. The van der Waals surface area contributed by atoms with Crippen molar-refractivity contribution in [3.63, 3.8) is 0 Å². The molecular formula is C30H66O2Si2. The van der Waals surface area contributed by atoms with Crippen LogP contribution < -0.4 is 0 Å². The van der Waals surface area contributed by atoms with E-state index in [-0.39, 0.29) is 0 Å². The summed E-state index contributed by atoms with van der Waals surface area (Å²) in [4.78, 5) is 0. The predicted octanol–water partition coefficient (Wildman–Crippen LogP) is 12.0. The molecule has 0 unspecified atom stereocenters. The van der Waals surface area contributed by atoms with Gasteiger partial charge in [0.15, 0.2) is 0 Å². The van der Waals surface area contributed by atoms with Crippen LogP contribution in [0.15, 0.2) is 0 Å². The van der Waals surface area contributed by atoms with Crippen molar-refractivity contribution in [2.45, 2.75) is 193 Å². The van der Waals surface area contributed by atoms with Crippen molar-refractivity contribution in [2.75, 3.05) is 0 Å². The number of hydrogen-bond acceptors (Lipinski definition) is 2. The average molecular weight is 515 g/mol. The van der Waals surface area contributed by atoms with Crippen molar-refractivity contribution in [3.8, 4) is 0 Å². The standard InChI is InChI=1S/C30H66O2Si2/c1-11-17-23-29(24-18-12-2,25-19-13-3)33(7,8)31-32-34(9,10)30(26-20-14-4,27-21-15-5)28-22-16-6/h11-28H2,1-10H3. The molecule has 0 fully saturated rings. The van der Waals surface area contributed by atoms with E-state index < -0.39 is 16.6 Å². The lowest BCUT2D eigenvalue weighted by atomic mass is 9.89. The molecule has 0 heterocycles. The van der Waals surface area contributed by atoms with E-state index in [0.717, 1.165) is 0 Å². The Hall–Kier alpha value is 0.354. The summed E-state index contributed by atoms with van der Waals surface area (Å²) in [6.07, 6.45) is 23.5. The third-order valence-corrected chi connectivity index (χ3v) is 16.8. The fourth-order valence-corrected chi connectivity index (χ4v) is 12.7. The van der Waals surface area contributed by atoms with Crippen LogP contribution in [0.2, 0.25) is 36.3 Å². The van der Waals surface area contributed by atoms with Crippen LogP contribution in [0.3, 0.4) is 0 Å². The molecule has 0 aromatic carbocycles. The van der Waals surface area contributed by atoms with Crippen LogP contribution in [-0.2, 0) is 9.15 Å². The van der Waals surface area contributed by atoms with E-state index in [1.807, 2.05) is 0 Å². The third-order valence-electron chi connectivity index (χ3n) is 9.07. The molecule has 0 aliphatic carbocycles. The predicted molar refractivity (Wildman–Crippen MR) is 160 cm³/mol. The van der Waals surface area contributed by atoms with E-state index in [2.05, 4.69) is 67.7 Å². The van der Waals surface area contributed by atoms with Crippen LogP contribution >= 0.6 is 0 Å². The van der Waals surface area contributed by atoms with Gasteiger partial charge in [-0.25, -0.2) is 0 Å². The Morgan fingerprint density at radius 2 is 0.559 bits per heavy atom. The highest BCUT2D eigenvalue weighted by molar-refractivity contribution is 6.77. The lowest BCUT2D eigenvalue weighted by molar-refractivity contribution is -0.137. The van der Waals surface area contributed by atoms with Crippen LogP contribution in [0, 0.1) is 0 Å². The summed E-state index contributed by atoms with van der Waals surface area (Å²) in [5, 5.41) is 0.691. The summed E-state index contributed by atoms with van der Waals surface area (Å²) in [7, 11) is -4.13. The van der Waals surface area contributed by atoms with Gasteiger partial charge in [0.25, 0.3) is 0 Å². The topological polar surface area (TPSA) is 18.5 Å². The second kappa shape index (κ2) is 17.7. The average Bonchev–Trinajstić information content (AvgIpc) is 2.82. The van der Waals surface area contributed by atoms with E-state index >= 15 is 0 Å². The SMILES string of the molecule is CCCCC(CCCC)(CCCC)[Si](C)(C)OO[Si](C)(C)C(CCCC)(CCCC)CCCC. The fraction of sp³-hybridized carbons (Fsp3) is 1.00. The minimum Gasteiger partial charge on any atom is -0.297 e. The number of unbranched alkanes of at least 4 members (excludes halogenated alkanes) is 6. The van der Waals surface area contributed by atoms with Gasteiger partial charge in [0.1, 0.15) is 0 Å². The molecule has 0 aromatic heterocycles. The molecule has 0 radical (unpaired) electrons. The highest BCUT2D eigenvalue weighted by Gasteiger charge is 2.52. The summed E-state index contributed by atoms with van der Waals surface area (Å²) in [6.45, 7) is 24.0. The lowest BCUT2D eigenvalue weighted by Crippen LogP contribution is -2.52. The molecule has 0 bridgehead atoms. The Kier molecular flexibility index (Phi) is 17.9. The van der Waals surface area contributed by atoms with E-state index in [9.17, 15) is 0 Å². The molecule has 34 heavy (non-hydrogen) atoms. The van der Waals surface area contributed by atoms with Gasteiger partial charge >= 0.3 is 0 Å². The zero-order chi connectivity index (χ0) is 26.1. The van der Waals surface area contributed by atoms with Crippen molar-refractivity contribution in [2.24, 2.45) is 0 Å². The van der Waals surface area contributed by atoms with Gasteiger partial charge in [0.05, 0.1) is 0 Å². The second-order valence-electron chi connectivity index (χ2n) is 12.4. The minimum absolute atomic E-state index is 0.346. The summed E-state index contributed by atoms with van der Waals surface area (Å²) < 4.78 is 13.8. The maximum Gasteiger partial charge on any atom is 0.237 e. The smallest absolute Gasteiger partial charge is 0.237 e. The fourth-order valence-electron chi connectivity index (χ4n) is 6.03. The molecule has 2 nitrogen and oxygen atoms in total. The van der Waals surface area contributed by atoms with Crippen molar-refractivity contribution in [3.05, 3.63) is 0 Å². The van der Waals surface area contributed by atoms with Crippen LogP contribution in [0.25, 0.3) is 0 Å². The maximum absolute atomic E-state index is 6.90. The molecule has 0 spiro atoms. The molecule has 0 N–H and O–H groups in total. The van der Waals surface area contributed by atoms with E-state index in [1.165, 1.54) is 116 Å². The first-order valence-corrected chi connectivity index (χ1v) is 21.3. The third kappa shape index (κ3) is 10.4. The van der Waals surface area contributed by atoms with Gasteiger partial charge in [0.2, 0.25) is 16.6 Å². The van der Waals surface area contributed by atoms with Gasteiger partial charge in [-0.3, -0.25) is 9.15 Å². The lowest BCUT2D eigenvalue weighted by Gasteiger charge is -2.49. The van der Waals surface area contributed by atoms with E-state index in [1.54, 1.807) is 0 Å². The Morgan fingerprint density at radius 3 is 0.706 bits per heavy atom. The summed E-state index contributed by atoms with van der Waals surface area (Å²) in [5.41, 5.74) is 0. The molecule has 0 amide bonds. The first kappa shape index (κ1) is 34.4. The van der Waals surface area contributed by atoms with Gasteiger partial charge in [-0.1, -0.05) is 119 Å². The molecule has 4 heteroatoms. The van der Waals surface area contributed by atoms with Crippen LogP contribution in [0.4, 0.5) is 0 Å². The van der Waals surface area contributed by atoms with Gasteiger partial charge in [-0.05, 0) is 74.8 Å². The molecule has 0 saturated carbocycles. The van der Waals surface area contributed by atoms with E-state index in [4.69, 9.17) is 9.15 Å². The molecular weight excluding hydrogens is 449 g/mol. The molecule has 0 aromatic rings. The van der Waals surface area contributed by atoms with Crippen LogP contribution in [0.5, 0.6) is 0 Å². The molecule has 0 aliphatic rings. The zero-order valence-electron chi connectivity index (χ0n) is 25.5. The van der Waals surface area contributed by atoms with Gasteiger partial charge in [-0.15, -0.1) is 0 Å². The summed E-state index contributed by atoms with van der Waals surface area (Å²) in [5.74, 6) is 0. The minimum atomic E-state index is -2.06. The van der Waals surface area contributed by atoms with Crippen molar-refractivity contribution in [1.82, 2.24) is 0 Å². The largest absolute Gasteiger partial charge is 0.297 e. The zero-order valence-corrected chi connectivity index (χ0v) is 27.5. The molecule has 0 aliphatic heterocycles.